The number of hydrogen-bond donors (Lipinski definition) is 0. The molecule has 2 aliphatic heterocycles. The molecule has 126 valence electrons. The molecule has 0 bridgehead atoms. The first-order chi connectivity index (χ1) is 10.4. The Morgan fingerprint density at radius 1 is 1.36 bits per heavy atom. The SMILES string of the molecule is CCP(=O)(CC)N1CCN(CC2COCC2C)C1=N[N+](=O)[O-]. The van der Waals surface area contributed by atoms with Crippen molar-refractivity contribution in [1.29, 1.82) is 0 Å². The Morgan fingerprint density at radius 3 is 2.55 bits per heavy atom. The Hall–Kier alpha value is -1.14. The molecular formula is C13H25N4O4P. The molecule has 8 nitrogen and oxygen atoms in total. The van der Waals surface area contributed by atoms with Gasteiger partial charge < -0.3 is 14.2 Å². The lowest BCUT2D eigenvalue weighted by Gasteiger charge is -2.29. The second kappa shape index (κ2) is 6.96. The van der Waals surface area contributed by atoms with Crippen molar-refractivity contribution in [2.75, 3.05) is 45.2 Å². The van der Waals surface area contributed by atoms with Crippen molar-refractivity contribution >= 4 is 13.3 Å². The smallest absolute Gasteiger partial charge is 0.279 e. The van der Waals surface area contributed by atoms with E-state index in [0.29, 0.717) is 50.4 Å². The molecular weight excluding hydrogens is 307 g/mol. The highest BCUT2D eigenvalue weighted by Crippen LogP contribution is 2.50. The standard InChI is InChI=1S/C13H25N4O4P/c1-4-22(20,5-2)16-7-6-15(13(16)14-17(18)19)8-12-10-21-9-11(12)3/h11-12H,4-10H2,1-3H3. The van der Waals surface area contributed by atoms with Gasteiger partial charge in [0, 0.05) is 44.5 Å². The second-order valence-electron chi connectivity index (χ2n) is 5.96. The maximum absolute atomic E-state index is 13.0. The molecule has 2 rings (SSSR count). The predicted octanol–water partition coefficient (Wildman–Crippen LogP) is 1.75. The molecule has 0 aromatic rings. The van der Waals surface area contributed by atoms with Gasteiger partial charge in [-0.15, -0.1) is 0 Å². The van der Waals surface area contributed by atoms with Gasteiger partial charge in [0.1, 0.15) is 5.10 Å². The third-order valence-electron chi connectivity index (χ3n) is 4.67. The number of nitro groups is 1. The summed E-state index contributed by atoms with van der Waals surface area (Å²) in [7, 11) is -2.61. The summed E-state index contributed by atoms with van der Waals surface area (Å²) in [5, 5.41) is 13.8. The minimum absolute atomic E-state index is 0.260. The first kappa shape index (κ1) is 17.2. The highest BCUT2D eigenvalue weighted by Gasteiger charge is 2.41. The summed E-state index contributed by atoms with van der Waals surface area (Å²) < 4.78 is 20.1. The monoisotopic (exact) mass is 332 g/mol. The molecule has 2 atom stereocenters. The first-order valence-corrected chi connectivity index (χ1v) is 9.86. The predicted molar refractivity (Wildman–Crippen MR) is 84.9 cm³/mol. The van der Waals surface area contributed by atoms with Crippen LogP contribution in [-0.4, -0.2) is 65.7 Å². The van der Waals surface area contributed by atoms with E-state index < -0.39 is 12.3 Å². The van der Waals surface area contributed by atoms with Crippen LogP contribution in [0.1, 0.15) is 20.8 Å². The van der Waals surface area contributed by atoms with Crippen LogP contribution in [0.2, 0.25) is 0 Å². The van der Waals surface area contributed by atoms with Crippen LogP contribution in [0.5, 0.6) is 0 Å². The fraction of sp³-hybridized carbons (Fsp3) is 0.923. The molecule has 0 aliphatic carbocycles. The van der Waals surface area contributed by atoms with E-state index in [-0.39, 0.29) is 5.96 Å². The molecule has 9 heteroatoms. The van der Waals surface area contributed by atoms with Gasteiger partial charge in [0.25, 0.3) is 5.96 Å². The minimum Gasteiger partial charge on any atom is -0.381 e. The molecule has 0 aromatic heterocycles. The van der Waals surface area contributed by atoms with E-state index in [1.165, 1.54) is 0 Å². The van der Waals surface area contributed by atoms with Crippen molar-refractivity contribution in [3.05, 3.63) is 10.1 Å². The molecule has 0 amide bonds. The highest BCUT2D eigenvalue weighted by molar-refractivity contribution is 7.62. The van der Waals surface area contributed by atoms with Crippen LogP contribution in [0, 0.1) is 22.0 Å². The number of rotatable bonds is 6. The van der Waals surface area contributed by atoms with Gasteiger partial charge in [-0.2, -0.15) is 0 Å². The van der Waals surface area contributed by atoms with Crippen LogP contribution in [0.4, 0.5) is 0 Å². The summed E-state index contributed by atoms with van der Waals surface area (Å²) in [5.41, 5.74) is 0. The van der Waals surface area contributed by atoms with Gasteiger partial charge in [0.05, 0.1) is 6.61 Å². The van der Waals surface area contributed by atoms with Crippen molar-refractivity contribution in [1.82, 2.24) is 9.57 Å². The van der Waals surface area contributed by atoms with Gasteiger partial charge in [-0.3, -0.25) is 4.67 Å². The number of guanidine groups is 1. The zero-order valence-electron chi connectivity index (χ0n) is 13.5. The molecule has 0 aromatic carbocycles. The quantitative estimate of drug-likeness (QED) is 0.418. The zero-order valence-corrected chi connectivity index (χ0v) is 14.4. The summed E-state index contributed by atoms with van der Waals surface area (Å²) in [4.78, 5) is 12.8. The van der Waals surface area contributed by atoms with Crippen molar-refractivity contribution < 1.29 is 14.3 Å². The number of nitrogens with zero attached hydrogens (tertiary/aromatic N) is 4. The zero-order chi connectivity index (χ0) is 16.3. The molecule has 2 heterocycles. The molecule has 2 unspecified atom stereocenters. The Morgan fingerprint density at radius 2 is 2.05 bits per heavy atom. The van der Waals surface area contributed by atoms with Crippen molar-refractivity contribution in [2.24, 2.45) is 16.9 Å². The molecule has 0 saturated carbocycles. The molecule has 0 N–H and O–H groups in total. The Labute approximate surface area is 131 Å². The maximum atomic E-state index is 13.0. The maximum Gasteiger partial charge on any atom is 0.279 e. The summed E-state index contributed by atoms with van der Waals surface area (Å²) in [6.45, 7) is 9.08. The highest BCUT2D eigenvalue weighted by atomic mass is 31.2. The van der Waals surface area contributed by atoms with E-state index in [1.807, 2.05) is 18.7 Å². The third-order valence-corrected chi connectivity index (χ3v) is 7.90. The Balaban J connectivity index is 2.21. The van der Waals surface area contributed by atoms with Gasteiger partial charge >= 0.3 is 0 Å². The number of ether oxygens (including phenoxy) is 1. The lowest BCUT2D eigenvalue weighted by molar-refractivity contribution is -0.486. The molecule has 0 spiro atoms. The van der Waals surface area contributed by atoms with Gasteiger partial charge in [-0.1, -0.05) is 20.8 Å². The Bertz CT molecular complexity index is 490. The van der Waals surface area contributed by atoms with E-state index in [0.717, 1.165) is 6.61 Å². The van der Waals surface area contributed by atoms with Gasteiger partial charge in [-0.05, 0) is 5.92 Å². The van der Waals surface area contributed by atoms with Crippen molar-refractivity contribution in [3.8, 4) is 0 Å². The van der Waals surface area contributed by atoms with E-state index in [1.54, 1.807) is 4.67 Å². The van der Waals surface area contributed by atoms with E-state index in [2.05, 4.69) is 12.0 Å². The Kier molecular flexibility index (Phi) is 5.45. The molecule has 22 heavy (non-hydrogen) atoms. The lowest BCUT2D eigenvalue weighted by Crippen LogP contribution is -2.38. The average Bonchev–Trinajstić information content (AvgIpc) is 3.06. The fourth-order valence-corrected chi connectivity index (χ4v) is 5.15. The van der Waals surface area contributed by atoms with Crippen LogP contribution in [0.25, 0.3) is 0 Å². The summed E-state index contributed by atoms with van der Waals surface area (Å²) in [5.74, 6) is 1.02. The minimum atomic E-state index is -2.61. The number of hydrogen-bond acceptors (Lipinski definition) is 4. The normalized spacial score (nSPS) is 27.9. The van der Waals surface area contributed by atoms with E-state index >= 15 is 0 Å². The fourth-order valence-electron chi connectivity index (χ4n) is 3.07. The summed E-state index contributed by atoms with van der Waals surface area (Å²) >= 11 is 0. The topological polar surface area (TPSA) is 88.3 Å². The van der Waals surface area contributed by atoms with Crippen LogP contribution in [-0.2, 0) is 9.30 Å². The van der Waals surface area contributed by atoms with Crippen LogP contribution in [0.15, 0.2) is 5.10 Å². The summed E-state index contributed by atoms with van der Waals surface area (Å²) in [6, 6.07) is 0. The molecule has 2 fully saturated rings. The van der Waals surface area contributed by atoms with Crippen LogP contribution < -0.4 is 0 Å². The number of hydrazone groups is 1. The lowest BCUT2D eigenvalue weighted by atomic mass is 9.98. The van der Waals surface area contributed by atoms with Crippen LogP contribution >= 0.6 is 7.29 Å². The molecule has 2 saturated heterocycles. The van der Waals surface area contributed by atoms with Crippen molar-refractivity contribution in [2.45, 2.75) is 20.8 Å². The van der Waals surface area contributed by atoms with Crippen LogP contribution in [0.3, 0.4) is 0 Å². The second-order valence-corrected chi connectivity index (χ2v) is 9.40. The summed E-state index contributed by atoms with van der Waals surface area (Å²) in [6.07, 6.45) is 0.994. The van der Waals surface area contributed by atoms with Gasteiger partial charge in [0.2, 0.25) is 0 Å². The van der Waals surface area contributed by atoms with E-state index in [4.69, 9.17) is 4.74 Å². The largest absolute Gasteiger partial charge is 0.381 e. The molecule has 0 radical (unpaired) electrons. The first-order valence-electron chi connectivity index (χ1n) is 7.83. The molecule has 2 aliphatic rings. The van der Waals surface area contributed by atoms with Gasteiger partial charge in [-0.25, -0.2) is 10.1 Å². The third kappa shape index (κ3) is 3.43. The van der Waals surface area contributed by atoms with Gasteiger partial charge in [0.15, 0.2) is 12.3 Å². The average molecular weight is 332 g/mol. The van der Waals surface area contributed by atoms with Crippen molar-refractivity contribution in [3.63, 3.8) is 0 Å². The van der Waals surface area contributed by atoms with E-state index in [9.17, 15) is 14.7 Å².